The van der Waals surface area contributed by atoms with Gasteiger partial charge in [-0.2, -0.15) is 0 Å². The minimum Gasteiger partial charge on any atom is -0.0664 e. The van der Waals surface area contributed by atoms with E-state index in [4.69, 9.17) is 0 Å². The minimum absolute atomic E-state index is 0.920. The monoisotopic (exact) mass is 308 g/mol. The van der Waals surface area contributed by atoms with E-state index in [-0.39, 0.29) is 0 Å². The molecule has 0 aliphatic heterocycles. The Morgan fingerprint density at radius 2 is 1.72 bits per heavy atom. The molecule has 3 rings (SSSR count). The molecule has 1 heteroatoms. The van der Waals surface area contributed by atoms with Gasteiger partial charge in [-0.05, 0) is 66.7 Å². The third-order valence-corrected chi connectivity index (χ3v) is 6.32. The zero-order chi connectivity index (χ0) is 12.5. The van der Waals surface area contributed by atoms with Gasteiger partial charge in [0.25, 0.3) is 0 Å². The van der Waals surface area contributed by atoms with Gasteiger partial charge >= 0.3 is 0 Å². The summed E-state index contributed by atoms with van der Waals surface area (Å²) in [5, 5.41) is 0. The second kappa shape index (κ2) is 5.53. The molecule has 3 aliphatic rings. The van der Waals surface area contributed by atoms with E-state index in [1.54, 1.807) is 5.57 Å². The predicted octanol–water partition coefficient (Wildman–Crippen LogP) is 5.84. The zero-order valence-electron chi connectivity index (χ0n) is 11.5. The highest BCUT2D eigenvalue weighted by Crippen LogP contribution is 2.50. The summed E-state index contributed by atoms with van der Waals surface area (Å²) in [4.78, 5) is 0. The Labute approximate surface area is 120 Å². The lowest BCUT2D eigenvalue weighted by Gasteiger charge is -2.46. The first-order valence-electron chi connectivity index (χ1n) is 7.81. The molecule has 3 aliphatic carbocycles. The molecular formula is C17H25Br. The van der Waals surface area contributed by atoms with Crippen molar-refractivity contribution in [3.05, 3.63) is 22.2 Å². The first kappa shape index (κ1) is 13.0. The maximum absolute atomic E-state index is 3.63. The second-order valence-electron chi connectivity index (χ2n) is 6.63. The summed E-state index contributed by atoms with van der Waals surface area (Å²) in [6.45, 7) is 2.50. The van der Waals surface area contributed by atoms with E-state index < -0.39 is 0 Å². The largest absolute Gasteiger partial charge is 0.0664 e. The average molecular weight is 309 g/mol. The standard InChI is InChI=1S/C17H25Br/c1-12-6-11-16(13-7-9-14(18)10-8-13)17-5-3-2-4-15(12)17/h7,9,12,15-17H,2-6,8,10-11H2,1H3. The van der Waals surface area contributed by atoms with Crippen LogP contribution in [-0.2, 0) is 0 Å². The average Bonchev–Trinajstić information content (AvgIpc) is 2.41. The molecule has 0 radical (unpaired) electrons. The molecule has 100 valence electrons. The van der Waals surface area contributed by atoms with Gasteiger partial charge in [0.2, 0.25) is 0 Å². The molecule has 0 saturated heterocycles. The van der Waals surface area contributed by atoms with Crippen LogP contribution in [0.2, 0.25) is 0 Å². The van der Waals surface area contributed by atoms with Gasteiger partial charge in [-0.25, -0.2) is 0 Å². The maximum atomic E-state index is 3.63. The summed E-state index contributed by atoms with van der Waals surface area (Å²) < 4.78 is 1.38. The topological polar surface area (TPSA) is 0 Å². The molecule has 0 aromatic heterocycles. The van der Waals surface area contributed by atoms with Crippen LogP contribution in [0.4, 0.5) is 0 Å². The zero-order valence-corrected chi connectivity index (χ0v) is 13.1. The number of halogens is 1. The molecule has 0 amide bonds. The first-order valence-corrected chi connectivity index (χ1v) is 8.60. The van der Waals surface area contributed by atoms with Gasteiger partial charge in [0.15, 0.2) is 0 Å². The normalized spacial score (nSPS) is 40.8. The highest BCUT2D eigenvalue weighted by atomic mass is 79.9. The Hall–Kier alpha value is -0.0400. The number of allylic oxidation sites excluding steroid dienone is 4. The van der Waals surface area contributed by atoms with E-state index >= 15 is 0 Å². The van der Waals surface area contributed by atoms with E-state index in [1.165, 1.54) is 55.8 Å². The lowest BCUT2D eigenvalue weighted by molar-refractivity contribution is 0.0732. The molecule has 4 unspecified atom stereocenters. The number of rotatable bonds is 1. The van der Waals surface area contributed by atoms with Crippen molar-refractivity contribution in [2.24, 2.45) is 23.7 Å². The smallest absolute Gasteiger partial charge is 0.00462 e. The van der Waals surface area contributed by atoms with Crippen LogP contribution in [0.15, 0.2) is 22.2 Å². The van der Waals surface area contributed by atoms with E-state index in [1.807, 2.05) is 0 Å². The summed E-state index contributed by atoms with van der Waals surface area (Å²) in [6.07, 6.45) is 16.2. The molecule has 0 spiro atoms. The molecular weight excluding hydrogens is 284 g/mol. The highest BCUT2D eigenvalue weighted by molar-refractivity contribution is 9.11. The fraction of sp³-hybridized carbons (Fsp3) is 0.765. The third kappa shape index (κ3) is 2.48. The van der Waals surface area contributed by atoms with E-state index in [0.29, 0.717) is 0 Å². The summed E-state index contributed by atoms with van der Waals surface area (Å²) in [5.41, 5.74) is 1.77. The van der Waals surface area contributed by atoms with Crippen LogP contribution in [0.3, 0.4) is 0 Å². The van der Waals surface area contributed by atoms with Gasteiger partial charge in [0, 0.05) is 0 Å². The summed E-state index contributed by atoms with van der Waals surface area (Å²) in [5.74, 6) is 3.95. The van der Waals surface area contributed by atoms with Gasteiger partial charge in [-0.1, -0.05) is 53.4 Å². The minimum atomic E-state index is 0.920. The molecule has 18 heavy (non-hydrogen) atoms. The summed E-state index contributed by atoms with van der Waals surface area (Å²) in [6, 6.07) is 0. The van der Waals surface area contributed by atoms with Crippen LogP contribution in [0.5, 0.6) is 0 Å². The molecule has 0 nitrogen and oxygen atoms in total. The van der Waals surface area contributed by atoms with Crippen LogP contribution in [0.1, 0.15) is 58.3 Å². The fourth-order valence-electron chi connectivity index (χ4n) is 4.66. The Bertz CT molecular complexity index is 366. The van der Waals surface area contributed by atoms with Crippen molar-refractivity contribution >= 4 is 15.9 Å². The van der Waals surface area contributed by atoms with Crippen molar-refractivity contribution in [1.29, 1.82) is 0 Å². The van der Waals surface area contributed by atoms with Gasteiger partial charge in [0.1, 0.15) is 0 Å². The Kier molecular flexibility index (Phi) is 3.98. The van der Waals surface area contributed by atoms with E-state index in [9.17, 15) is 0 Å². The SMILES string of the molecule is CC1CCC(C2=CC=C(Br)CC2)C2CCCCC12. The Balaban J connectivity index is 1.79. The summed E-state index contributed by atoms with van der Waals surface area (Å²) >= 11 is 3.63. The molecule has 0 N–H and O–H groups in total. The van der Waals surface area contributed by atoms with Gasteiger partial charge in [0.05, 0.1) is 0 Å². The lowest BCUT2D eigenvalue weighted by Crippen LogP contribution is -2.36. The summed E-state index contributed by atoms with van der Waals surface area (Å²) in [7, 11) is 0. The number of fused-ring (bicyclic) bond motifs is 1. The molecule has 0 aromatic rings. The van der Waals surface area contributed by atoms with E-state index in [2.05, 4.69) is 35.0 Å². The van der Waals surface area contributed by atoms with Crippen molar-refractivity contribution in [3.63, 3.8) is 0 Å². The molecule has 2 fully saturated rings. The van der Waals surface area contributed by atoms with Crippen molar-refractivity contribution in [3.8, 4) is 0 Å². The van der Waals surface area contributed by atoms with Crippen LogP contribution in [-0.4, -0.2) is 0 Å². The number of hydrogen-bond donors (Lipinski definition) is 0. The molecule has 4 atom stereocenters. The van der Waals surface area contributed by atoms with Crippen LogP contribution >= 0.6 is 15.9 Å². The number of hydrogen-bond acceptors (Lipinski definition) is 0. The Morgan fingerprint density at radius 3 is 2.44 bits per heavy atom. The third-order valence-electron chi connectivity index (χ3n) is 5.66. The van der Waals surface area contributed by atoms with Crippen molar-refractivity contribution < 1.29 is 0 Å². The second-order valence-corrected chi connectivity index (χ2v) is 7.65. The van der Waals surface area contributed by atoms with Crippen LogP contribution < -0.4 is 0 Å². The highest BCUT2D eigenvalue weighted by Gasteiger charge is 2.39. The maximum Gasteiger partial charge on any atom is -0.00462 e. The van der Waals surface area contributed by atoms with Gasteiger partial charge in [-0.15, -0.1) is 0 Å². The fourth-order valence-corrected chi connectivity index (χ4v) is 4.99. The quantitative estimate of drug-likeness (QED) is 0.571. The van der Waals surface area contributed by atoms with E-state index in [0.717, 1.165) is 23.7 Å². The van der Waals surface area contributed by atoms with Gasteiger partial charge < -0.3 is 0 Å². The Morgan fingerprint density at radius 1 is 0.944 bits per heavy atom. The predicted molar refractivity (Wildman–Crippen MR) is 81.7 cm³/mol. The van der Waals surface area contributed by atoms with Crippen LogP contribution in [0, 0.1) is 23.7 Å². The van der Waals surface area contributed by atoms with Crippen molar-refractivity contribution in [2.75, 3.05) is 0 Å². The first-order chi connectivity index (χ1) is 8.75. The molecule has 0 heterocycles. The van der Waals surface area contributed by atoms with Gasteiger partial charge in [-0.3, -0.25) is 0 Å². The van der Waals surface area contributed by atoms with Crippen molar-refractivity contribution in [2.45, 2.75) is 58.3 Å². The van der Waals surface area contributed by atoms with Crippen molar-refractivity contribution in [1.82, 2.24) is 0 Å². The molecule has 0 aromatic carbocycles. The van der Waals surface area contributed by atoms with Crippen LogP contribution in [0.25, 0.3) is 0 Å². The molecule has 0 bridgehead atoms. The lowest BCUT2D eigenvalue weighted by atomic mass is 9.59. The molecule has 2 saturated carbocycles.